The minimum atomic E-state index is -0.707. The van der Waals surface area contributed by atoms with Gasteiger partial charge in [-0.3, -0.25) is 9.59 Å². The first-order valence-electron chi connectivity index (χ1n) is 21.2. The van der Waals surface area contributed by atoms with Gasteiger partial charge in [0.1, 0.15) is 23.1 Å². The topological polar surface area (TPSA) is 63.6 Å². The first-order chi connectivity index (χ1) is 28.1. The lowest BCUT2D eigenvalue weighted by Crippen LogP contribution is -2.22. The zero-order valence-corrected chi connectivity index (χ0v) is 35.0. The highest BCUT2D eigenvalue weighted by Crippen LogP contribution is 2.46. The van der Waals surface area contributed by atoms with Crippen LogP contribution in [0.5, 0.6) is 11.5 Å². The number of ketones is 2. The number of benzene rings is 5. The number of aromatic hydroxyl groups is 1. The molecule has 2 aliphatic carbocycles. The van der Waals surface area contributed by atoms with Crippen molar-refractivity contribution in [3.05, 3.63) is 129 Å². The molecule has 0 aliphatic heterocycles. The number of unbranched alkanes of at least 4 members (excludes halogenated alkanes) is 4. The van der Waals surface area contributed by atoms with Crippen molar-refractivity contribution >= 4 is 23.3 Å². The Labute approximate surface area is 346 Å². The molecule has 7 rings (SSSR count). The molecule has 0 spiro atoms. The molecule has 5 aromatic rings. The van der Waals surface area contributed by atoms with Crippen LogP contribution >= 0.6 is 11.8 Å². The Balaban J connectivity index is 1.14. The van der Waals surface area contributed by atoms with Crippen molar-refractivity contribution in [3.8, 4) is 33.8 Å². The average molecular weight is 801 g/mol. The molecule has 0 amide bonds. The van der Waals surface area contributed by atoms with Crippen molar-refractivity contribution in [2.45, 2.75) is 115 Å². The van der Waals surface area contributed by atoms with E-state index < -0.39 is 29.0 Å². The molecule has 0 aromatic heterocycles. The van der Waals surface area contributed by atoms with Gasteiger partial charge in [-0.2, -0.15) is 0 Å². The number of ether oxygens (including phenoxy) is 1. The minimum Gasteiger partial charge on any atom is -0.507 e. The Kier molecular flexibility index (Phi) is 13.2. The number of aryl methyl sites for hydroxylation is 2. The van der Waals surface area contributed by atoms with Crippen LogP contribution in [-0.2, 0) is 6.42 Å². The van der Waals surface area contributed by atoms with Crippen LogP contribution < -0.4 is 4.74 Å². The van der Waals surface area contributed by atoms with E-state index in [0.29, 0.717) is 17.2 Å². The van der Waals surface area contributed by atoms with Crippen molar-refractivity contribution < 1.29 is 28.2 Å². The zero-order valence-electron chi connectivity index (χ0n) is 34.2. The molecular weight excluding hydrogens is 747 g/mol. The third kappa shape index (κ3) is 8.80. The molecule has 0 bridgehead atoms. The van der Waals surface area contributed by atoms with Crippen LogP contribution in [0.25, 0.3) is 22.3 Å². The largest absolute Gasteiger partial charge is 0.507 e. The van der Waals surface area contributed by atoms with Crippen LogP contribution in [0.3, 0.4) is 0 Å². The summed E-state index contributed by atoms with van der Waals surface area (Å²) in [6.07, 6.45) is 13.2. The Morgan fingerprint density at radius 3 is 1.88 bits per heavy atom. The van der Waals surface area contributed by atoms with Gasteiger partial charge in [0, 0.05) is 32.0 Å². The molecule has 58 heavy (non-hydrogen) atoms. The van der Waals surface area contributed by atoms with Gasteiger partial charge in [0.15, 0.2) is 11.6 Å². The number of hydrogen-bond acceptors (Lipinski definition) is 5. The summed E-state index contributed by atoms with van der Waals surface area (Å²) in [7, 11) is 0. The van der Waals surface area contributed by atoms with Crippen molar-refractivity contribution in [2.75, 3.05) is 6.61 Å². The van der Waals surface area contributed by atoms with Gasteiger partial charge in [0.05, 0.1) is 17.7 Å². The maximum absolute atomic E-state index is 15.4. The molecule has 1 saturated carbocycles. The van der Waals surface area contributed by atoms with Gasteiger partial charge in [0.25, 0.3) is 0 Å². The van der Waals surface area contributed by atoms with E-state index in [1.54, 1.807) is 30.3 Å². The summed E-state index contributed by atoms with van der Waals surface area (Å²) in [5.74, 6) is -0.345. The highest BCUT2D eigenvalue weighted by atomic mass is 32.2. The smallest absolute Gasteiger partial charge is 0.198 e. The van der Waals surface area contributed by atoms with E-state index in [2.05, 4.69) is 32.9 Å². The van der Waals surface area contributed by atoms with E-state index in [1.165, 1.54) is 75.3 Å². The van der Waals surface area contributed by atoms with Gasteiger partial charge in [-0.25, -0.2) is 8.78 Å². The third-order valence-corrected chi connectivity index (χ3v) is 13.2. The Morgan fingerprint density at radius 1 is 0.672 bits per heavy atom. The number of rotatable bonds is 15. The molecular formula is C51H54F2O4S. The summed E-state index contributed by atoms with van der Waals surface area (Å²) in [6.45, 7) is 9.25. The predicted molar refractivity (Wildman–Crippen MR) is 231 cm³/mol. The monoisotopic (exact) mass is 800 g/mol. The molecule has 0 saturated heterocycles. The first kappa shape index (κ1) is 41.4. The molecule has 1 fully saturated rings. The maximum Gasteiger partial charge on any atom is 0.198 e. The van der Waals surface area contributed by atoms with Crippen molar-refractivity contribution in [3.63, 3.8) is 0 Å². The summed E-state index contributed by atoms with van der Waals surface area (Å²) in [4.78, 5) is 29.2. The number of carbonyl (C=O) groups is 2. The SMILES string of the molecule is CCCCCc1c(F)cc(-c2cc(Sc3ccc(-c4cc(C)c(OCC5CCC(CCCCC)CC5)c(C)c4)cc3)c3c(c2O)C(=O)c2ccccc2C3=O)cc1F. The molecule has 0 atom stereocenters. The molecule has 0 heterocycles. The lowest BCUT2D eigenvalue weighted by Gasteiger charge is -2.29. The quantitative estimate of drug-likeness (QED) is 0.105. The van der Waals surface area contributed by atoms with Crippen LogP contribution in [0.1, 0.15) is 133 Å². The zero-order chi connectivity index (χ0) is 40.9. The Bertz CT molecular complexity index is 2260. The number of hydrogen-bond donors (Lipinski definition) is 1. The van der Waals surface area contributed by atoms with E-state index in [-0.39, 0.29) is 45.4 Å². The number of phenols is 1. The van der Waals surface area contributed by atoms with Crippen molar-refractivity contribution in [2.24, 2.45) is 11.8 Å². The summed E-state index contributed by atoms with van der Waals surface area (Å²) in [5, 5.41) is 11.6. The Hall–Kier alpha value is -4.75. The fourth-order valence-electron chi connectivity index (χ4n) is 8.85. The lowest BCUT2D eigenvalue weighted by atomic mass is 9.80. The molecule has 1 N–H and O–H groups in total. The number of phenolic OH excluding ortho intramolecular Hbond substituents is 1. The van der Waals surface area contributed by atoms with Crippen LogP contribution in [0, 0.1) is 37.3 Å². The number of halogens is 2. The summed E-state index contributed by atoms with van der Waals surface area (Å²) < 4.78 is 37.4. The summed E-state index contributed by atoms with van der Waals surface area (Å²) >= 11 is 1.27. The standard InChI is InChI=1S/C51H54F2O4S/c1-5-7-9-13-33-17-19-34(20-18-33)30-57-51-31(3)25-36(26-32(51)4)35-21-23-38(24-22-35)58-45-29-42(37-27-43(52)41(44(53)28-37)16-10-8-6-2)50(56)47-46(45)48(54)39-14-11-12-15-40(39)49(47)55/h11-12,14-15,21-29,33-34,56H,5-10,13,16-20,30H2,1-4H3. The van der Waals surface area contributed by atoms with E-state index in [1.807, 2.05) is 31.2 Å². The molecule has 0 radical (unpaired) electrons. The molecule has 4 nitrogen and oxygen atoms in total. The number of fused-ring (bicyclic) bond motifs is 2. The van der Waals surface area contributed by atoms with Gasteiger partial charge >= 0.3 is 0 Å². The van der Waals surface area contributed by atoms with Crippen molar-refractivity contribution in [1.29, 1.82) is 0 Å². The second kappa shape index (κ2) is 18.4. The normalized spacial score (nSPS) is 16.3. The van der Waals surface area contributed by atoms with Crippen LogP contribution in [0.15, 0.2) is 88.7 Å². The van der Waals surface area contributed by atoms with Gasteiger partial charge in [-0.1, -0.05) is 113 Å². The molecule has 2 aliphatic rings. The molecule has 0 unspecified atom stereocenters. The fraction of sp³-hybridized carbons (Fsp3) is 0.373. The van der Waals surface area contributed by atoms with Crippen molar-refractivity contribution in [1.82, 2.24) is 0 Å². The van der Waals surface area contributed by atoms with E-state index in [4.69, 9.17) is 4.74 Å². The van der Waals surface area contributed by atoms with Crippen LogP contribution in [-0.4, -0.2) is 23.3 Å². The summed E-state index contributed by atoms with van der Waals surface area (Å²) in [5.41, 5.74) is 4.80. The van der Waals surface area contributed by atoms with Gasteiger partial charge in [0.2, 0.25) is 0 Å². The molecule has 5 aromatic carbocycles. The fourth-order valence-corrected chi connectivity index (χ4v) is 9.85. The summed E-state index contributed by atoms with van der Waals surface area (Å²) in [6, 6.07) is 22.8. The van der Waals surface area contributed by atoms with E-state index >= 15 is 8.78 Å². The molecule has 7 heteroatoms. The Morgan fingerprint density at radius 2 is 1.26 bits per heavy atom. The molecule has 302 valence electrons. The van der Waals surface area contributed by atoms with Gasteiger partial charge < -0.3 is 9.84 Å². The van der Waals surface area contributed by atoms with Crippen LogP contribution in [0.2, 0.25) is 0 Å². The van der Waals surface area contributed by atoms with Gasteiger partial charge in [-0.15, -0.1) is 0 Å². The second-order valence-corrected chi connectivity index (χ2v) is 17.5. The minimum absolute atomic E-state index is 0.00241. The van der Waals surface area contributed by atoms with Crippen LogP contribution in [0.4, 0.5) is 8.78 Å². The van der Waals surface area contributed by atoms with E-state index in [0.717, 1.165) is 58.3 Å². The highest BCUT2D eigenvalue weighted by Gasteiger charge is 2.36. The average Bonchev–Trinajstić information content (AvgIpc) is 3.22. The lowest BCUT2D eigenvalue weighted by molar-refractivity contribution is 0.0974. The highest BCUT2D eigenvalue weighted by molar-refractivity contribution is 7.99. The van der Waals surface area contributed by atoms with Gasteiger partial charge in [-0.05, 0) is 122 Å². The second-order valence-electron chi connectivity index (χ2n) is 16.4. The maximum atomic E-state index is 15.4. The van der Waals surface area contributed by atoms with E-state index in [9.17, 15) is 14.7 Å². The predicted octanol–water partition coefficient (Wildman–Crippen LogP) is 14.0. The number of carbonyl (C=O) groups excluding carboxylic acids is 2. The first-order valence-corrected chi connectivity index (χ1v) is 22.0. The third-order valence-electron chi connectivity index (χ3n) is 12.1.